The minimum atomic E-state index is -0.0525. The Balaban J connectivity index is 1.74. The lowest BCUT2D eigenvalue weighted by Gasteiger charge is -2.10. The first-order valence-corrected chi connectivity index (χ1v) is 6.60. The highest BCUT2D eigenvalue weighted by Gasteiger charge is 2.12. The summed E-state index contributed by atoms with van der Waals surface area (Å²) in [6.45, 7) is 3.83. The van der Waals surface area contributed by atoms with Crippen molar-refractivity contribution in [3.05, 3.63) is 36.2 Å². The van der Waals surface area contributed by atoms with Crippen molar-refractivity contribution in [2.75, 3.05) is 5.32 Å². The van der Waals surface area contributed by atoms with Crippen LogP contribution in [-0.4, -0.2) is 34.9 Å². The molecule has 3 aromatic rings. The van der Waals surface area contributed by atoms with Crippen LogP contribution in [0.15, 0.2) is 24.5 Å². The number of rotatable bonds is 4. The third kappa shape index (κ3) is 2.73. The van der Waals surface area contributed by atoms with Crippen molar-refractivity contribution in [1.82, 2.24) is 34.9 Å². The van der Waals surface area contributed by atoms with Crippen LogP contribution in [0.4, 0.5) is 5.82 Å². The second-order valence-electron chi connectivity index (χ2n) is 4.81. The molecule has 8 nitrogen and oxygen atoms in total. The molecule has 0 saturated carbocycles. The standard InChI is InChI=1S/C13H16N8/c1-8(12-16-9(2)17-20-12)15-11-5-4-10(18-19-11)13-14-6-7-21(13)3/h4-8H,1-3H3,(H,15,19)(H,16,17,20)/t8-/m1/s1. The number of aryl methyl sites for hydroxylation is 2. The molecule has 0 fully saturated rings. The molecular weight excluding hydrogens is 268 g/mol. The molecule has 3 heterocycles. The van der Waals surface area contributed by atoms with Gasteiger partial charge in [-0.15, -0.1) is 10.2 Å². The Morgan fingerprint density at radius 3 is 2.71 bits per heavy atom. The highest BCUT2D eigenvalue weighted by Crippen LogP contribution is 2.17. The van der Waals surface area contributed by atoms with E-state index in [1.54, 1.807) is 6.20 Å². The Hall–Kier alpha value is -2.77. The molecule has 0 radical (unpaired) electrons. The molecule has 21 heavy (non-hydrogen) atoms. The van der Waals surface area contributed by atoms with Crippen LogP contribution in [0.1, 0.15) is 24.6 Å². The predicted molar refractivity (Wildman–Crippen MR) is 77.4 cm³/mol. The molecule has 0 saturated heterocycles. The zero-order valence-electron chi connectivity index (χ0n) is 12.1. The molecule has 0 unspecified atom stereocenters. The lowest BCUT2D eigenvalue weighted by molar-refractivity contribution is 0.784. The molecule has 2 N–H and O–H groups in total. The predicted octanol–water partition coefficient (Wildman–Crippen LogP) is 1.48. The molecule has 0 bridgehead atoms. The molecular formula is C13H16N8. The number of anilines is 1. The zero-order valence-corrected chi connectivity index (χ0v) is 12.1. The van der Waals surface area contributed by atoms with E-state index < -0.39 is 0 Å². The Bertz CT molecular complexity index is 727. The van der Waals surface area contributed by atoms with Crippen LogP contribution >= 0.6 is 0 Å². The number of imidazole rings is 1. The maximum absolute atomic E-state index is 4.29. The van der Waals surface area contributed by atoms with E-state index in [1.807, 2.05) is 43.8 Å². The van der Waals surface area contributed by atoms with Crippen LogP contribution in [0, 0.1) is 6.92 Å². The van der Waals surface area contributed by atoms with Crippen LogP contribution in [-0.2, 0) is 7.05 Å². The molecule has 3 rings (SSSR count). The summed E-state index contributed by atoms with van der Waals surface area (Å²) in [5.74, 6) is 2.94. The maximum atomic E-state index is 4.29. The lowest BCUT2D eigenvalue weighted by Crippen LogP contribution is -2.10. The second-order valence-corrected chi connectivity index (χ2v) is 4.81. The summed E-state index contributed by atoms with van der Waals surface area (Å²) in [6.07, 6.45) is 3.60. The minimum Gasteiger partial charge on any atom is -0.359 e. The molecule has 108 valence electrons. The molecule has 8 heteroatoms. The quantitative estimate of drug-likeness (QED) is 0.753. The number of aromatic amines is 1. The van der Waals surface area contributed by atoms with E-state index in [1.165, 1.54) is 0 Å². The van der Waals surface area contributed by atoms with Crippen molar-refractivity contribution < 1.29 is 0 Å². The Morgan fingerprint density at radius 2 is 2.14 bits per heavy atom. The Labute approximate surface area is 121 Å². The van der Waals surface area contributed by atoms with Crippen molar-refractivity contribution in [3.8, 4) is 11.5 Å². The third-order valence-corrected chi connectivity index (χ3v) is 3.08. The lowest BCUT2D eigenvalue weighted by atomic mass is 10.3. The van der Waals surface area contributed by atoms with Crippen molar-refractivity contribution in [3.63, 3.8) is 0 Å². The van der Waals surface area contributed by atoms with E-state index in [4.69, 9.17) is 0 Å². The van der Waals surface area contributed by atoms with Gasteiger partial charge in [0, 0.05) is 19.4 Å². The Morgan fingerprint density at radius 1 is 1.29 bits per heavy atom. The summed E-state index contributed by atoms with van der Waals surface area (Å²) in [7, 11) is 1.92. The van der Waals surface area contributed by atoms with Gasteiger partial charge in [-0.2, -0.15) is 5.10 Å². The number of nitrogens with zero attached hydrogens (tertiary/aromatic N) is 6. The minimum absolute atomic E-state index is 0.0525. The van der Waals surface area contributed by atoms with Crippen LogP contribution in [0.3, 0.4) is 0 Å². The van der Waals surface area contributed by atoms with Gasteiger partial charge in [0.1, 0.15) is 17.3 Å². The molecule has 1 atom stereocenters. The fraction of sp³-hybridized carbons (Fsp3) is 0.308. The van der Waals surface area contributed by atoms with Gasteiger partial charge in [0.25, 0.3) is 0 Å². The van der Waals surface area contributed by atoms with Crippen LogP contribution in [0.2, 0.25) is 0 Å². The van der Waals surface area contributed by atoms with Gasteiger partial charge in [-0.05, 0) is 26.0 Å². The van der Waals surface area contributed by atoms with E-state index in [0.29, 0.717) is 11.6 Å². The number of hydrogen-bond donors (Lipinski definition) is 2. The van der Waals surface area contributed by atoms with Gasteiger partial charge >= 0.3 is 0 Å². The van der Waals surface area contributed by atoms with Crippen molar-refractivity contribution in [1.29, 1.82) is 0 Å². The first-order valence-electron chi connectivity index (χ1n) is 6.60. The highest BCUT2D eigenvalue weighted by atomic mass is 15.2. The van der Waals surface area contributed by atoms with Gasteiger partial charge in [-0.1, -0.05) is 0 Å². The molecule has 0 spiro atoms. The molecule has 3 aromatic heterocycles. The molecule has 0 aliphatic carbocycles. The van der Waals surface area contributed by atoms with E-state index >= 15 is 0 Å². The summed E-state index contributed by atoms with van der Waals surface area (Å²) in [6, 6.07) is 3.70. The molecule has 0 aliphatic rings. The SMILES string of the molecule is Cc1nc([C@@H](C)Nc2ccc(-c3nccn3C)nn2)n[nH]1. The number of hydrogen-bond acceptors (Lipinski definition) is 6. The van der Waals surface area contributed by atoms with Crippen molar-refractivity contribution in [2.45, 2.75) is 19.9 Å². The normalized spacial score (nSPS) is 12.3. The van der Waals surface area contributed by atoms with Gasteiger partial charge in [0.15, 0.2) is 11.6 Å². The first-order chi connectivity index (χ1) is 10.1. The fourth-order valence-electron chi connectivity index (χ4n) is 1.98. The summed E-state index contributed by atoms with van der Waals surface area (Å²) < 4.78 is 1.90. The second kappa shape index (κ2) is 5.31. The van der Waals surface area contributed by atoms with Crippen LogP contribution < -0.4 is 5.32 Å². The van der Waals surface area contributed by atoms with E-state index in [0.717, 1.165) is 17.3 Å². The van der Waals surface area contributed by atoms with Crippen LogP contribution in [0.5, 0.6) is 0 Å². The number of nitrogens with one attached hydrogen (secondary N) is 2. The van der Waals surface area contributed by atoms with Gasteiger partial charge in [-0.25, -0.2) is 9.97 Å². The average molecular weight is 284 g/mol. The topological polar surface area (TPSA) is 97.2 Å². The summed E-state index contributed by atoms with van der Waals surface area (Å²) in [4.78, 5) is 8.53. The van der Waals surface area contributed by atoms with E-state index in [-0.39, 0.29) is 6.04 Å². The Kier molecular flexibility index (Phi) is 3.35. The largest absolute Gasteiger partial charge is 0.359 e. The van der Waals surface area contributed by atoms with Crippen molar-refractivity contribution in [2.24, 2.45) is 7.05 Å². The smallest absolute Gasteiger partial charge is 0.172 e. The zero-order chi connectivity index (χ0) is 14.8. The van der Waals surface area contributed by atoms with Crippen molar-refractivity contribution >= 4 is 5.82 Å². The number of H-pyrrole nitrogens is 1. The molecule has 0 amide bonds. The first kappa shape index (κ1) is 13.2. The fourth-order valence-corrected chi connectivity index (χ4v) is 1.98. The summed E-state index contributed by atoms with van der Waals surface area (Å²) >= 11 is 0. The monoisotopic (exact) mass is 284 g/mol. The van der Waals surface area contributed by atoms with Crippen LogP contribution in [0.25, 0.3) is 11.5 Å². The van der Waals surface area contributed by atoms with Gasteiger partial charge < -0.3 is 9.88 Å². The van der Waals surface area contributed by atoms with E-state index in [9.17, 15) is 0 Å². The van der Waals surface area contributed by atoms with Gasteiger partial charge in [-0.3, -0.25) is 5.10 Å². The molecule has 0 aliphatic heterocycles. The van der Waals surface area contributed by atoms with Gasteiger partial charge in [0.2, 0.25) is 0 Å². The highest BCUT2D eigenvalue weighted by molar-refractivity contribution is 5.51. The summed E-state index contributed by atoms with van der Waals surface area (Å²) in [5.41, 5.74) is 0.731. The number of aromatic nitrogens is 7. The molecule has 0 aromatic carbocycles. The summed E-state index contributed by atoms with van der Waals surface area (Å²) in [5, 5.41) is 18.5. The maximum Gasteiger partial charge on any atom is 0.172 e. The third-order valence-electron chi connectivity index (χ3n) is 3.08. The van der Waals surface area contributed by atoms with E-state index in [2.05, 4.69) is 35.7 Å². The average Bonchev–Trinajstić information content (AvgIpc) is 3.08. The van der Waals surface area contributed by atoms with Gasteiger partial charge in [0.05, 0.1) is 6.04 Å².